The van der Waals surface area contributed by atoms with Crippen molar-refractivity contribution in [2.45, 2.75) is 6.92 Å². The normalized spacial score (nSPS) is 10.1. The minimum absolute atomic E-state index is 0.145. The van der Waals surface area contributed by atoms with E-state index in [2.05, 4.69) is 9.69 Å². The number of hydrogen-bond donors (Lipinski definition) is 1. The van der Waals surface area contributed by atoms with Gasteiger partial charge in [0.05, 0.1) is 5.69 Å². The molecular weight excluding hydrogens is 244 g/mol. The molecule has 1 heterocycles. The summed E-state index contributed by atoms with van der Waals surface area (Å²) < 4.78 is 4.05. The standard InChI is InChI=1S/C11H9ClN2OS/c1-7-6-10(16-14-7)11(15)13-9-4-2-8(12)3-5-9/h2-6H,1H3,(H,13,15). The SMILES string of the molecule is Cc1cc(C(=O)Nc2ccc(Cl)cc2)sn1. The van der Waals surface area contributed by atoms with Crippen LogP contribution < -0.4 is 5.32 Å². The lowest BCUT2D eigenvalue weighted by Crippen LogP contribution is -2.09. The minimum atomic E-state index is -0.145. The van der Waals surface area contributed by atoms with Gasteiger partial charge in [0, 0.05) is 10.7 Å². The Bertz CT molecular complexity index is 507. The van der Waals surface area contributed by atoms with Crippen molar-refractivity contribution in [1.29, 1.82) is 0 Å². The van der Waals surface area contributed by atoms with Gasteiger partial charge in [-0.05, 0) is 48.8 Å². The third kappa shape index (κ3) is 2.59. The maximum Gasteiger partial charge on any atom is 0.267 e. The molecule has 2 rings (SSSR count). The molecule has 1 amide bonds. The molecule has 0 bridgehead atoms. The molecule has 82 valence electrons. The molecule has 5 heteroatoms. The Hall–Kier alpha value is -1.39. The summed E-state index contributed by atoms with van der Waals surface area (Å²) in [6.07, 6.45) is 0. The van der Waals surface area contributed by atoms with Crippen LogP contribution in [0.2, 0.25) is 5.02 Å². The molecule has 0 aliphatic carbocycles. The number of rotatable bonds is 2. The number of hydrogen-bond acceptors (Lipinski definition) is 3. The van der Waals surface area contributed by atoms with Crippen LogP contribution >= 0.6 is 23.1 Å². The third-order valence-corrected chi connectivity index (χ3v) is 3.09. The Kier molecular flexibility index (Phi) is 3.22. The molecule has 0 radical (unpaired) electrons. The summed E-state index contributed by atoms with van der Waals surface area (Å²) in [4.78, 5) is 12.3. The van der Waals surface area contributed by atoms with E-state index in [0.29, 0.717) is 9.90 Å². The van der Waals surface area contributed by atoms with Crippen molar-refractivity contribution in [3.05, 3.63) is 45.9 Å². The maximum absolute atomic E-state index is 11.7. The largest absolute Gasteiger partial charge is 0.321 e. The predicted octanol–water partition coefficient (Wildman–Crippen LogP) is 3.36. The van der Waals surface area contributed by atoms with Crippen molar-refractivity contribution < 1.29 is 4.79 Å². The van der Waals surface area contributed by atoms with Gasteiger partial charge < -0.3 is 5.32 Å². The van der Waals surface area contributed by atoms with Crippen LogP contribution in [0.25, 0.3) is 0 Å². The molecule has 2 aromatic rings. The Morgan fingerprint density at radius 1 is 1.38 bits per heavy atom. The van der Waals surface area contributed by atoms with E-state index in [9.17, 15) is 4.79 Å². The lowest BCUT2D eigenvalue weighted by Gasteiger charge is -2.02. The Labute approximate surface area is 102 Å². The van der Waals surface area contributed by atoms with E-state index in [1.807, 2.05) is 6.92 Å². The molecule has 0 aliphatic heterocycles. The lowest BCUT2D eigenvalue weighted by molar-refractivity contribution is 0.103. The summed E-state index contributed by atoms with van der Waals surface area (Å²) in [7, 11) is 0. The number of amides is 1. The summed E-state index contributed by atoms with van der Waals surface area (Å²) in [6.45, 7) is 1.86. The van der Waals surface area contributed by atoms with Gasteiger partial charge in [-0.3, -0.25) is 4.79 Å². The van der Waals surface area contributed by atoms with E-state index in [4.69, 9.17) is 11.6 Å². The topological polar surface area (TPSA) is 42.0 Å². The van der Waals surface area contributed by atoms with Crippen LogP contribution in [0.15, 0.2) is 30.3 Å². The number of nitrogens with one attached hydrogen (secondary N) is 1. The third-order valence-electron chi connectivity index (χ3n) is 1.95. The number of carbonyl (C=O) groups excluding carboxylic acids is 1. The van der Waals surface area contributed by atoms with Gasteiger partial charge in [0.1, 0.15) is 4.88 Å². The molecule has 1 aromatic heterocycles. The van der Waals surface area contributed by atoms with Crippen LogP contribution in [-0.2, 0) is 0 Å². The predicted molar refractivity (Wildman–Crippen MR) is 66.3 cm³/mol. The van der Waals surface area contributed by atoms with Crippen molar-refractivity contribution >= 4 is 34.7 Å². The van der Waals surface area contributed by atoms with Crippen molar-refractivity contribution in [2.75, 3.05) is 5.32 Å². The van der Waals surface area contributed by atoms with Crippen LogP contribution in [-0.4, -0.2) is 10.3 Å². The average Bonchev–Trinajstić information content (AvgIpc) is 2.68. The maximum atomic E-state index is 11.7. The van der Waals surface area contributed by atoms with Gasteiger partial charge >= 0.3 is 0 Å². The highest BCUT2D eigenvalue weighted by Gasteiger charge is 2.08. The first-order valence-electron chi connectivity index (χ1n) is 4.65. The minimum Gasteiger partial charge on any atom is -0.321 e. The highest BCUT2D eigenvalue weighted by atomic mass is 35.5. The van der Waals surface area contributed by atoms with Gasteiger partial charge in [-0.25, -0.2) is 0 Å². The number of carbonyl (C=O) groups is 1. The van der Waals surface area contributed by atoms with E-state index >= 15 is 0 Å². The van der Waals surface area contributed by atoms with Gasteiger partial charge in [0.25, 0.3) is 5.91 Å². The van der Waals surface area contributed by atoms with Gasteiger partial charge in [-0.1, -0.05) is 11.6 Å². The monoisotopic (exact) mass is 252 g/mol. The first kappa shape index (κ1) is 11.1. The van der Waals surface area contributed by atoms with Crippen LogP contribution in [0.1, 0.15) is 15.4 Å². The molecular formula is C11H9ClN2OS. The highest BCUT2D eigenvalue weighted by molar-refractivity contribution is 7.08. The molecule has 0 saturated carbocycles. The molecule has 1 N–H and O–H groups in total. The summed E-state index contributed by atoms with van der Waals surface area (Å²) in [5.74, 6) is -0.145. The second kappa shape index (κ2) is 4.63. The van der Waals surface area contributed by atoms with Crippen molar-refractivity contribution in [1.82, 2.24) is 4.37 Å². The van der Waals surface area contributed by atoms with Gasteiger partial charge in [0.15, 0.2) is 0 Å². The number of aromatic nitrogens is 1. The van der Waals surface area contributed by atoms with Crippen molar-refractivity contribution in [3.8, 4) is 0 Å². The Balaban J connectivity index is 2.10. The number of benzene rings is 1. The van der Waals surface area contributed by atoms with Gasteiger partial charge in [0.2, 0.25) is 0 Å². The van der Waals surface area contributed by atoms with Crippen LogP contribution in [0, 0.1) is 6.92 Å². The molecule has 1 aromatic carbocycles. The second-order valence-electron chi connectivity index (χ2n) is 3.29. The van der Waals surface area contributed by atoms with Gasteiger partial charge in [-0.15, -0.1) is 0 Å². The number of nitrogens with zero attached hydrogens (tertiary/aromatic N) is 1. The summed E-state index contributed by atoms with van der Waals surface area (Å²) in [5.41, 5.74) is 1.58. The van der Waals surface area contributed by atoms with Crippen LogP contribution in [0.4, 0.5) is 5.69 Å². The zero-order chi connectivity index (χ0) is 11.5. The molecule has 0 saturated heterocycles. The number of anilines is 1. The number of aryl methyl sites for hydroxylation is 1. The molecule has 0 spiro atoms. The van der Waals surface area contributed by atoms with E-state index in [-0.39, 0.29) is 5.91 Å². The Morgan fingerprint density at radius 2 is 2.06 bits per heavy atom. The molecule has 0 aliphatic rings. The first-order chi connectivity index (χ1) is 7.65. The quantitative estimate of drug-likeness (QED) is 0.891. The zero-order valence-electron chi connectivity index (χ0n) is 8.53. The lowest BCUT2D eigenvalue weighted by atomic mass is 10.3. The fourth-order valence-corrected chi connectivity index (χ4v) is 1.97. The number of halogens is 1. The van der Waals surface area contributed by atoms with E-state index in [1.165, 1.54) is 11.5 Å². The van der Waals surface area contributed by atoms with Crippen LogP contribution in [0.5, 0.6) is 0 Å². The molecule has 0 fully saturated rings. The van der Waals surface area contributed by atoms with Crippen molar-refractivity contribution in [3.63, 3.8) is 0 Å². The van der Waals surface area contributed by atoms with E-state index in [0.717, 1.165) is 11.4 Å². The van der Waals surface area contributed by atoms with Crippen LogP contribution in [0.3, 0.4) is 0 Å². The first-order valence-corrected chi connectivity index (χ1v) is 5.80. The average molecular weight is 253 g/mol. The molecule has 16 heavy (non-hydrogen) atoms. The summed E-state index contributed by atoms with van der Waals surface area (Å²) in [6, 6.07) is 8.74. The summed E-state index contributed by atoms with van der Waals surface area (Å²) >= 11 is 6.94. The van der Waals surface area contributed by atoms with Crippen molar-refractivity contribution in [2.24, 2.45) is 0 Å². The second-order valence-corrected chi connectivity index (χ2v) is 4.53. The smallest absolute Gasteiger partial charge is 0.267 e. The van der Waals surface area contributed by atoms with E-state index in [1.54, 1.807) is 30.3 Å². The fourth-order valence-electron chi connectivity index (χ4n) is 1.20. The van der Waals surface area contributed by atoms with E-state index < -0.39 is 0 Å². The summed E-state index contributed by atoms with van der Waals surface area (Å²) in [5, 5.41) is 3.42. The molecule has 0 unspecified atom stereocenters. The van der Waals surface area contributed by atoms with Gasteiger partial charge in [-0.2, -0.15) is 4.37 Å². The Morgan fingerprint density at radius 3 is 2.62 bits per heavy atom. The zero-order valence-corrected chi connectivity index (χ0v) is 10.1. The molecule has 0 atom stereocenters. The fraction of sp³-hybridized carbons (Fsp3) is 0.0909. The molecule has 3 nitrogen and oxygen atoms in total. The highest BCUT2D eigenvalue weighted by Crippen LogP contribution is 2.16.